The third kappa shape index (κ3) is 2.52. The second-order valence-electron chi connectivity index (χ2n) is 10.9. The summed E-state index contributed by atoms with van der Waals surface area (Å²) >= 11 is 0. The number of carbonyl (C=O) groups excluding carboxylic acids is 1. The van der Waals surface area contributed by atoms with Crippen LogP contribution in [0.5, 0.6) is 0 Å². The number of carbonyl (C=O) groups is 1. The minimum atomic E-state index is -1.52. The van der Waals surface area contributed by atoms with Crippen LogP contribution in [0, 0.1) is 28.6 Å². The zero-order chi connectivity index (χ0) is 21.6. The summed E-state index contributed by atoms with van der Waals surface area (Å²) < 4.78 is 5.92. The van der Waals surface area contributed by atoms with Crippen molar-refractivity contribution in [3.63, 3.8) is 0 Å². The summed E-state index contributed by atoms with van der Waals surface area (Å²) in [5.74, 6) is -1.02. The second-order valence-corrected chi connectivity index (χ2v) is 10.9. The molecular formula is C23H36O6. The quantitative estimate of drug-likeness (QED) is 0.411. The van der Waals surface area contributed by atoms with E-state index in [0.717, 1.165) is 12.0 Å². The van der Waals surface area contributed by atoms with Gasteiger partial charge in [-0.05, 0) is 44.9 Å². The van der Waals surface area contributed by atoms with Crippen LogP contribution in [0.25, 0.3) is 0 Å². The largest absolute Gasteiger partial charge is 0.461 e. The standard InChI is InChI=1S/C23H36O6/c1-6-18(26)29-19-14-8-7-13-12(2)15-9-16(24)20(3,4)23(15,28)17(25)10-22(13,19)11-21(14,5)27/h13-17,19,24-25,27-28H,2,6-11H2,1,3-5H3/t13-,14+,15-,16-,17-,19+,21+,22?,23-/m0/s1. The number of ether oxygens (including phenoxy) is 1. The zero-order valence-electron chi connectivity index (χ0n) is 18.0. The molecule has 0 aromatic carbocycles. The summed E-state index contributed by atoms with van der Waals surface area (Å²) in [7, 11) is 0. The van der Waals surface area contributed by atoms with Crippen LogP contribution in [0.1, 0.15) is 66.2 Å². The van der Waals surface area contributed by atoms with Gasteiger partial charge < -0.3 is 25.2 Å². The van der Waals surface area contributed by atoms with Gasteiger partial charge in [0.05, 0.1) is 17.8 Å². The first kappa shape index (κ1) is 21.3. The normalized spacial score (nSPS) is 53.2. The van der Waals surface area contributed by atoms with Crippen molar-refractivity contribution < 1.29 is 30.0 Å². The predicted molar refractivity (Wildman–Crippen MR) is 107 cm³/mol. The Morgan fingerprint density at radius 2 is 1.79 bits per heavy atom. The molecule has 0 heterocycles. The third-order valence-electron chi connectivity index (χ3n) is 9.26. The van der Waals surface area contributed by atoms with Gasteiger partial charge in [-0.3, -0.25) is 4.79 Å². The van der Waals surface area contributed by atoms with Gasteiger partial charge in [-0.25, -0.2) is 0 Å². The predicted octanol–water partition coefficient (Wildman–Crippen LogP) is 1.93. The third-order valence-corrected chi connectivity index (χ3v) is 9.26. The highest BCUT2D eigenvalue weighted by molar-refractivity contribution is 5.69. The first-order valence-electron chi connectivity index (χ1n) is 11.0. The average molecular weight is 409 g/mol. The summed E-state index contributed by atoms with van der Waals surface area (Å²) in [5, 5.41) is 45.1. The van der Waals surface area contributed by atoms with Crippen molar-refractivity contribution in [2.75, 3.05) is 0 Å². The number of hydrogen-bond donors (Lipinski definition) is 4. The van der Waals surface area contributed by atoms with Crippen LogP contribution in [0.15, 0.2) is 12.2 Å². The Morgan fingerprint density at radius 3 is 2.41 bits per heavy atom. The minimum Gasteiger partial charge on any atom is -0.461 e. The molecule has 4 saturated carbocycles. The van der Waals surface area contributed by atoms with Gasteiger partial charge in [-0.2, -0.15) is 0 Å². The molecule has 0 radical (unpaired) electrons. The molecule has 4 aliphatic rings. The van der Waals surface area contributed by atoms with Crippen molar-refractivity contribution in [3.05, 3.63) is 12.2 Å². The number of fused-ring (bicyclic) bond motifs is 2. The molecule has 4 fully saturated rings. The minimum absolute atomic E-state index is 0.0860. The van der Waals surface area contributed by atoms with Crippen LogP contribution in [0.3, 0.4) is 0 Å². The number of aliphatic hydroxyl groups is 4. The molecule has 0 amide bonds. The maximum Gasteiger partial charge on any atom is 0.305 e. The average Bonchev–Trinajstić information content (AvgIpc) is 2.86. The molecule has 4 rings (SSSR count). The van der Waals surface area contributed by atoms with Crippen LogP contribution in [0.4, 0.5) is 0 Å². The van der Waals surface area contributed by atoms with Gasteiger partial charge in [0.2, 0.25) is 0 Å². The molecule has 29 heavy (non-hydrogen) atoms. The molecule has 0 aliphatic heterocycles. The molecule has 1 unspecified atom stereocenters. The van der Waals surface area contributed by atoms with Crippen LogP contribution < -0.4 is 0 Å². The maximum atomic E-state index is 12.3. The lowest BCUT2D eigenvalue weighted by Crippen LogP contribution is -2.57. The lowest BCUT2D eigenvalue weighted by Gasteiger charge is -2.47. The number of hydrogen-bond acceptors (Lipinski definition) is 6. The highest BCUT2D eigenvalue weighted by Crippen LogP contribution is 2.69. The van der Waals surface area contributed by atoms with E-state index in [2.05, 4.69) is 6.58 Å². The Bertz CT molecular complexity index is 729. The van der Waals surface area contributed by atoms with Crippen LogP contribution in [-0.2, 0) is 9.53 Å². The van der Waals surface area contributed by atoms with E-state index in [4.69, 9.17) is 4.74 Å². The smallest absolute Gasteiger partial charge is 0.305 e. The number of esters is 1. The first-order chi connectivity index (χ1) is 13.3. The van der Waals surface area contributed by atoms with Gasteiger partial charge in [-0.1, -0.05) is 32.9 Å². The van der Waals surface area contributed by atoms with Gasteiger partial charge in [0.25, 0.3) is 0 Å². The molecule has 4 aliphatic carbocycles. The van der Waals surface area contributed by atoms with Crippen molar-refractivity contribution in [2.45, 2.75) is 95.7 Å². The van der Waals surface area contributed by atoms with Gasteiger partial charge in [0, 0.05) is 29.1 Å². The molecule has 4 N–H and O–H groups in total. The number of rotatable bonds is 2. The molecule has 0 aromatic heterocycles. The molecule has 9 atom stereocenters. The van der Waals surface area contributed by atoms with Crippen LogP contribution in [0.2, 0.25) is 0 Å². The van der Waals surface area contributed by atoms with Gasteiger partial charge >= 0.3 is 5.97 Å². The monoisotopic (exact) mass is 408 g/mol. The Balaban J connectivity index is 1.84. The van der Waals surface area contributed by atoms with Crippen molar-refractivity contribution in [2.24, 2.45) is 28.6 Å². The summed E-state index contributed by atoms with van der Waals surface area (Å²) in [6.45, 7) is 11.5. The Hall–Kier alpha value is -0.950. The van der Waals surface area contributed by atoms with Gasteiger partial charge in [-0.15, -0.1) is 0 Å². The maximum absolute atomic E-state index is 12.3. The Morgan fingerprint density at radius 1 is 1.14 bits per heavy atom. The molecule has 6 nitrogen and oxygen atoms in total. The first-order valence-corrected chi connectivity index (χ1v) is 11.0. The summed E-state index contributed by atoms with van der Waals surface area (Å²) in [4.78, 5) is 12.3. The Kier molecular flexibility index (Phi) is 4.61. The summed E-state index contributed by atoms with van der Waals surface area (Å²) in [6.07, 6.45) is 0.333. The van der Waals surface area contributed by atoms with E-state index in [1.54, 1.807) is 27.7 Å². The highest BCUT2D eigenvalue weighted by atomic mass is 16.5. The molecule has 6 heteroatoms. The van der Waals surface area contributed by atoms with E-state index in [9.17, 15) is 25.2 Å². The fourth-order valence-electron chi connectivity index (χ4n) is 7.62. The molecule has 0 saturated heterocycles. The van der Waals surface area contributed by atoms with Crippen molar-refractivity contribution in [1.82, 2.24) is 0 Å². The van der Waals surface area contributed by atoms with Crippen molar-refractivity contribution >= 4 is 5.97 Å². The van der Waals surface area contributed by atoms with E-state index < -0.39 is 46.3 Å². The molecule has 1 spiro atoms. The van der Waals surface area contributed by atoms with Crippen LogP contribution >= 0.6 is 0 Å². The van der Waals surface area contributed by atoms with Crippen molar-refractivity contribution in [1.29, 1.82) is 0 Å². The van der Waals surface area contributed by atoms with Crippen LogP contribution in [-0.4, -0.2) is 55.9 Å². The zero-order valence-corrected chi connectivity index (χ0v) is 18.0. The fraction of sp³-hybridized carbons (Fsp3) is 0.870. The molecule has 164 valence electrons. The lowest BCUT2D eigenvalue weighted by atomic mass is 9.61. The van der Waals surface area contributed by atoms with E-state index in [-0.39, 0.29) is 30.6 Å². The molecule has 0 aromatic rings. The molecule has 2 bridgehead atoms. The van der Waals surface area contributed by atoms with Gasteiger partial charge in [0.15, 0.2) is 0 Å². The van der Waals surface area contributed by atoms with E-state index in [0.29, 0.717) is 19.3 Å². The highest BCUT2D eigenvalue weighted by Gasteiger charge is 2.73. The molecular weight excluding hydrogens is 372 g/mol. The van der Waals surface area contributed by atoms with E-state index in [1.807, 2.05) is 0 Å². The lowest BCUT2D eigenvalue weighted by molar-refractivity contribution is -0.182. The summed E-state index contributed by atoms with van der Waals surface area (Å²) in [5.41, 5.74) is -3.26. The van der Waals surface area contributed by atoms with Gasteiger partial charge in [0.1, 0.15) is 11.7 Å². The second kappa shape index (κ2) is 6.28. The SMILES string of the molecule is C=C1[C@@H]2CC[C@@H]3[C@@H](OC(=O)CC)C2(C[C@H](O)[C@@]2(O)[C@H]1C[C@H](O)C2(C)C)C[C@@]3(C)O. The van der Waals surface area contributed by atoms with E-state index in [1.165, 1.54) is 0 Å². The van der Waals surface area contributed by atoms with Crippen molar-refractivity contribution in [3.8, 4) is 0 Å². The summed E-state index contributed by atoms with van der Waals surface area (Å²) in [6, 6.07) is 0. The fourth-order valence-corrected chi connectivity index (χ4v) is 7.62. The number of aliphatic hydroxyl groups excluding tert-OH is 2. The Labute approximate surface area is 173 Å². The topological polar surface area (TPSA) is 107 Å². The van der Waals surface area contributed by atoms with E-state index >= 15 is 0 Å².